The molecule has 1 unspecified atom stereocenters. The number of nitro benzene ring substituents is 1. The molecule has 0 saturated carbocycles. The number of nitrogens with one attached hydrogen (secondary N) is 3. The number of ether oxygens (including phenoxy) is 1. The summed E-state index contributed by atoms with van der Waals surface area (Å²) in [6, 6.07) is 9.60. The summed E-state index contributed by atoms with van der Waals surface area (Å²) in [5, 5.41) is 20.3. The Kier molecular flexibility index (Phi) is 8.32. The molecule has 8 nitrogen and oxygen atoms in total. The van der Waals surface area contributed by atoms with Crippen LogP contribution in [0, 0.1) is 29.9 Å². The number of anilines is 2. The van der Waals surface area contributed by atoms with Gasteiger partial charge >= 0.3 is 0 Å². The van der Waals surface area contributed by atoms with Gasteiger partial charge in [0.15, 0.2) is 5.11 Å². The highest BCUT2D eigenvalue weighted by molar-refractivity contribution is 7.80. The quantitative estimate of drug-likeness (QED) is 0.311. The van der Waals surface area contributed by atoms with Gasteiger partial charge in [-0.15, -0.1) is 0 Å². The minimum Gasteiger partial charge on any atom is -0.496 e. The Morgan fingerprint density at radius 3 is 2.35 bits per heavy atom. The number of nitrogens with zero attached hydrogens (tertiary/aromatic N) is 1. The van der Waals surface area contributed by atoms with E-state index in [2.05, 4.69) is 16.0 Å². The van der Waals surface area contributed by atoms with Crippen molar-refractivity contribution in [2.45, 2.75) is 40.2 Å². The predicted molar refractivity (Wildman–Crippen MR) is 127 cm³/mol. The third-order valence-corrected chi connectivity index (χ3v) is 4.93. The fraction of sp³-hybridized carbons (Fsp3) is 0.364. The van der Waals surface area contributed by atoms with Crippen LogP contribution in [0.4, 0.5) is 17.1 Å². The summed E-state index contributed by atoms with van der Waals surface area (Å²) in [6.45, 7) is 7.88. The molecule has 0 aliphatic heterocycles. The maximum Gasteiger partial charge on any atom is 0.296 e. The molecule has 1 amide bonds. The van der Waals surface area contributed by atoms with Gasteiger partial charge in [-0.2, -0.15) is 0 Å². The number of benzene rings is 2. The zero-order valence-corrected chi connectivity index (χ0v) is 19.1. The third-order valence-electron chi connectivity index (χ3n) is 4.71. The summed E-state index contributed by atoms with van der Waals surface area (Å²) in [5.41, 5.74) is 2.73. The van der Waals surface area contributed by atoms with Crippen molar-refractivity contribution in [1.82, 2.24) is 5.32 Å². The SMILES string of the molecule is COc1ccc(NC(=S)NC(CC(C)C)C(=O)Nc2c(C)cccc2C)c([N+](=O)[O-])c1. The molecule has 166 valence electrons. The second-order valence-corrected chi connectivity index (χ2v) is 8.09. The lowest BCUT2D eigenvalue weighted by atomic mass is 10.0. The summed E-state index contributed by atoms with van der Waals surface area (Å²) in [5.74, 6) is 0.362. The molecule has 0 bridgehead atoms. The topological polar surface area (TPSA) is 106 Å². The third kappa shape index (κ3) is 6.65. The maximum absolute atomic E-state index is 13.0. The lowest BCUT2D eigenvalue weighted by Crippen LogP contribution is -2.46. The predicted octanol–water partition coefficient (Wildman–Crippen LogP) is 4.56. The van der Waals surface area contributed by atoms with Crippen LogP contribution in [-0.2, 0) is 4.79 Å². The van der Waals surface area contributed by atoms with Gasteiger partial charge in [-0.25, -0.2) is 0 Å². The standard InChI is InChI=1S/C22H28N4O4S/c1-13(2)11-18(21(27)25-20-14(3)7-6-8-15(20)4)24-22(31)23-17-10-9-16(30-5)12-19(17)26(28)29/h6-10,12-13,18H,11H2,1-5H3,(H,25,27)(H2,23,24,31). The van der Waals surface area contributed by atoms with Crippen molar-refractivity contribution < 1.29 is 14.5 Å². The smallest absolute Gasteiger partial charge is 0.296 e. The summed E-state index contributed by atoms with van der Waals surface area (Å²) < 4.78 is 5.05. The number of amides is 1. The first-order valence-corrected chi connectivity index (χ1v) is 10.3. The monoisotopic (exact) mass is 444 g/mol. The Morgan fingerprint density at radius 2 is 1.81 bits per heavy atom. The molecular weight excluding hydrogens is 416 g/mol. The molecule has 0 saturated heterocycles. The number of hydrogen-bond donors (Lipinski definition) is 3. The van der Waals surface area contributed by atoms with E-state index in [4.69, 9.17) is 17.0 Å². The zero-order chi connectivity index (χ0) is 23.1. The van der Waals surface area contributed by atoms with Crippen molar-refractivity contribution in [2.24, 2.45) is 5.92 Å². The first-order valence-electron chi connectivity index (χ1n) is 9.89. The van der Waals surface area contributed by atoms with Crippen LogP contribution >= 0.6 is 12.2 Å². The van der Waals surface area contributed by atoms with Gasteiger partial charge in [-0.05, 0) is 61.7 Å². The zero-order valence-electron chi connectivity index (χ0n) is 18.3. The molecule has 9 heteroatoms. The van der Waals surface area contributed by atoms with E-state index in [1.165, 1.54) is 19.2 Å². The van der Waals surface area contributed by atoms with Gasteiger partial charge in [-0.1, -0.05) is 32.0 Å². The first kappa shape index (κ1) is 24.1. The van der Waals surface area contributed by atoms with E-state index in [9.17, 15) is 14.9 Å². The number of methoxy groups -OCH3 is 1. The molecule has 2 aromatic rings. The first-order chi connectivity index (χ1) is 14.6. The Labute approximate surface area is 187 Å². The van der Waals surface area contributed by atoms with Crippen LogP contribution in [0.5, 0.6) is 5.75 Å². The van der Waals surface area contributed by atoms with Gasteiger partial charge in [0, 0.05) is 5.69 Å². The number of carbonyl (C=O) groups excluding carboxylic acids is 1. The van der Waals surface area contributed by atoms with Gasteiger partial charge in [0.25, 0.3) is 5.69 Å². The van der Waals surface area contributed by atoms with E-state index in [0.29, 0.717) is 12.2 Å². The second-order valence-electron chi connectivity index (χ2n) is 7.68. The molecule has 2 aromatic carbocycles. The van der Waals surface area contributed by atoms with Crippen molar-refractivity contribution in [3.63, 3.8) is 0 Å². The average molecular weight is 445 g/mol. The summed E-state index contributed by atoms with van der Waals surface area (Å²) in [4.78, 5) is 23.9. The summed E-state index contributed by atoms with van der Waals surface area (Å²) >= 11 is 5.35. The Bertz CT molecular complexity index is 958. The van der Waals surface area contributed by atoms with Crippen LogP contribution in [0.3, 0.4) is 0 Å². The van der Waals surface area contributed by atoms with Crippen LogP contribution in [0.2, 0.25) is 0 Å². The number of thiocarbonyl (C=S) groups is 1. The van der Waals surface area contributed by atoms with E-state index < -0.39 is 11.0 Å². The molecule has 0 aromatic heterocycles. The van der Waals surface area contributed by atoms with Gasteiger partial charge in [0.1, 0.15) is 17.5 Å². The van der Waals surface area contributed by atoms with E-state index >= 15 is 0 Å². The Morgan fingerprint density at radius 1 is 1.16 bits per heavy atom. The van der Waals surface area contributed by atoms with Crippen molar-refractivity contribution in [2.75, 3.05) is 17.7 Å². The van der Waals surface area contributed by atoms with Crippen LogP contribution in [-0.4, -0.2) is 29.1 Å². The normalized spacial score (nSPS) is 11.5. The fourth-order valence-corrected chi connectivity index (χ4v) is 3.39. The van der Waals surface area contributed by atoms with Crippen molar-refractivity contribution in [3.8, 4) is 5.75 Å². The highest BCUT2D eigenvalue weighted by Gasteiger charge is 2.23. The van der Waals surface area contributed by atoms with Crippen LogP contribution in [0.1, 0.15) is 31.4 Å². The molecule has 2 rings (SSSR count). The van der Waals surface area contributed by atoms with E-state index in [-0.39, 0.29) is 28.3 Å². The lowest BCUT2D eigenvalue weighted by Gasteiger charge is -2.23. The summed E-state index contributed by atoms with van der Waals surface area (Å²) in [6.07, 6.45) is 0.531. The number of rotatable bonds is 8. The molecule has 0 aliphatic rings. The Balaban J connectivity index is 2.18. The van der Waals surface area contributed by atoms with Crippen LogP contribution in [0.25, 0.3) is 0 Å². The molecule has 0 radical (unpaired) electrons. The molecule has 0 aliphatic carbocycles. The number of carbonyl (C=O) groups is 1. The number of nitro groups is 1. The average Bonchev–Trinajstić information content (AvgIpc) is 2.70. The molecule has 0 spiro atoms. The van der Waals surface area contributed by atoms with E-state index in [0.717, 1.165) is 16.8 Å². The van der Waals surface area contributed by atoms with Gasteiger partial charge in [0.2, 0.25) is 5.91 Å². The van der Waals surface area contributed by atoms with Crippen LogP contribution in [0.15, 0.2) is 36.4 Å². The lowest BCUT2D eigenvalue weighted by molar-refractivity contribution is -0.384. The Hall–Kier alpha value is -3.20. The van der Waals surface area contributed by atoms with E-state index in [1.54, 1.807) is 6.07 Å². The number of hydrogen-bond acceptors (Lipinski definition) is 5. The fourth-order valence-electron chi connectivity index (χ4n) is 3.14. The van der Waals surface area contributed by atoms with Crippen molar-refractivity contribution in [1.29, 1.82) is 0 Å². The summed E-state index contributed by atoms with van der Waals surface area (Å²) in [7, 11) is 1.43. The van der Waals surface area contributed by atoms with Crippen molar-refractivity contribution >= 4 is 40.3 Å². The van der Waals surface area contributed by atoms with E-state index in [1.807, 2.05) is 45.9 Å². The van der Waals surface area contributed by atoms with Crippen LogP contribution < -0.4 is 20.7 Å². The van der Waals surface area contributed by atoms with Gasteiger partial charge in [0.05, 0.1) is 18.1 Å². The highest BCUT2D eigenvalue weighted by Crippen LogP contribution is 2.29. The number of para-hydroxylation sites is 1. The van der Waals surface area contributed by atoms with Gasteiger partial charge in [-0.3, -0.25) is 14.9 Å². The highest BCUT2D eigenvalue weighted by atomic mass is 32.1. The largest absolute Gasteiger partial charge is 0.496 e. The second kappa shape index (κ2) is 10.7. The van der Waals surface area contributed by atoms with Gasteiger partial charge < -0.3 is 20.7 Å². The van der Waals surface area contributed by atoms with Crippen molar-refractivity contribution in [3.05, 3.63) is 57.6 Å². The number of aryl methyl sites for hydroxylation is 2. The molecular formula is C22H28N4O4S. The molecule has 31 heavy (non-hydrogen) atoms. The molecule has 0 heterocycles. The molecule has 3 N–H and O–H groups in total. The molecule has 0 fully saturated rings. The molecule has 1 atom stereocenters. The minimum atomic E-state index is -0.615. The minimum absolute atomic E-state index is 0.121. The maximum atomic E-state index is 13.0.